The van der Waals surface area contributed by atoms with E-state index in [1.165, 1.54) is 12.1 Å². The van der Waals surface area contributed by atoms with Crippen LogP contribution >= 0.6 is 0 Å². The summed E-state index contributed by atoms with van der Waals surface area (Å²) in [4.78, 5) is 20.8. The summed E-state index contributed by atoms with van der Waals surface area (Å²) in [5.41, 5.74) is 1.12. The molecular formula is C12H12N4O3. The molecule has 2 aromatic rings. The largest absolute Gasteiger partial charge is 0.391 e. The molecule has 1 aromatic carbocycles. The van der Waals surface area contributed by atoms with Gasteiger partial charge in [-0.15, -0.1) is 0 Å². The van der Waals surface area contributed by atoms with Crippen LogP contribution in [0.4, 0.5) is 11.5 Å². The number of aliphatic hydroxyl groups excluding tert-OH is 1. The zero-order valence-electron chi connectivity index (χ0n) is 10.1. The van der Waals surface area contributed by atoms with E-state index in [9.17, 15) is 15.2 Å². The summed E-state index contributed by atoms with van der Waals surface area (Å²) < 4.78 is 0. The van der Waals surface area contributed by atoms with Crippen LogP contribution in [0.5, 0.6) is 0 Å². The fourth-order valence-corrected chi connectivity index (χ4v) is 2.21. The van der Waals surface area contributed by atoms with E-state index in [-0.39, 0.29) is 11.8 Å². The van der Waals surface area contributed by atoms with E-state index < -0.39 is 4.92 Å². The third-order valence-corrected chi connectivity index (χ3v) is 3.21. The highest BCUT2D eigenvalue weighted by atomic mass is 16.6. The summed E-state index contributed by atoms with van der Waals surface area (Å²) in [5, 5.41) is 20.2. The van der Waals surface area contributed by atoms with Gasteiger partial charge in [-0.3, -0.25) is 15.1 Å². The Labute approximate surface area is 108 Å². The predicted molar refractivity (Wildman–Crippen MR) is 69.0 cm³/mol. The van der Waals surface area contributed by atoms with Crippen molar-refractivity contribution in [3.63, 3.8) is 0 Å². The van der Waals surface area contributed by atoms with E-state index in [1.807, 2.05) is 4.90 Å². The Morgan fingerprint density at radius 3 is 2.95 bits per heavy atom. The van der Waals surface area contributed by atoms with Crippen molar-refractivity contribution in [1.29, 1.82) is 0 Å². The highest BCUT2D eigenvalue weighted by molar-refractivity contribution is 5.78. The predicted octanol–water partition coefficient (Wildman–Crippen LogP) is 1.11. The number of anilines is 1. The van der Waals surface area contributed by atoms with Crippen LogP contribution in [-0.4, -0.2) is 39.2 Å². The fourth-order valence-electron chi connectivity index (χ4n) is 2.21. The van der Waals surface area contributed by atoms with Crippen LogP contribution < -0.4 is 4.90 Å². The topological polar surface area (TPSA) is 92.4 Å². The number of hydrogen-bond acceptors (Lipinski definition) is 6. The number of benzene rings is 1. The molecule has 1 aromatic heterocycles. The van der Waals surface area contributed by atoms with Crippen molar-refractivity contribution < 1.29 is 10.0 Å². The van der Waals surface area contributed by atoms with Crippen molar-refractivity contribution in [3.05, 3.63) is 34.5 Å². The highest BCUT2D eigenvalue weighted by Gasteiger charge is 2.21. The summed E-state index contributed by atoms with van der Waals surface area (Å²) in [6.07, 6.45) is 1.98. The first kappa shape index (κ1) is 11.8. The maximum absolute atomic E-state index is 10.7. The zero-order chi connectivity index (χ0) is 13.4. The molecule has 0 bridgehead atoms. The molecule has 19 heavy (non-hydrogen) atoms. The van der Waals surface area contributed by atoms with Crippen LogP contribution in [0.25, 0.3) is 11.0 Å². The molecule has 7 nitrogen and oxygen atoms in total. The SMILES string of the molecule is O=[N+]([O-])c1ccc2nc(N3CCC(O)C3)cnc2c1. The second kappa shape index (κ2) is 4.43. The molecule has 7 heteroatoms. The molecule has 3 rings (SSSR count). The summed E-state index contributed by atoms with van der Waals surface area (Å²) >= 11 is 0. The molecule has 2 heterocycles. The molecule has 1 aliphatic heterocycles. The molecule has 1 saturated heterocycles. The van der Waals surface area contributed by atoms with Gasteiger partial charge in [0, 0.05) is 25.2 Å². The van der Waals surface area contributed by atoms with E-state index in [0.29, 0.717) is 23.4 Å². The van der Waals surface area contributed by atoms with Gasteiger partial charge in [0.15, 0.2) is 0 Å². The average Bonchev–Trinajstić information content (AvgIpc) is 2.84. The number of nitro benzene ring substituents is 1. The van der Waals surface area contributed by atoms with Crippen molar-refractivity contribution in [2.45, 2.75) is 12.5 Å². The van der Waals surface area contributed by atoms with Gasteiger partial charge in [-0.25, -0.2) is 4.98 Å². The van der Waals surface area contributed by atoms with Gasteiger partial charge < -0.3 is 10.0 Å². The number of nitro groups is 1. The standard InChI is InChI=1S/C12H12N4O3/c17-9-3-4-15(7-9)12-6-13-11-5-8(16(18)19)1-2-10(11)14-12/h1-2,5-6,9,17H,3-4,7H2. The Hall–Kier alpha value is -2.28. The number of β-amino-alcohol motifs (C(OH)–C–C–N with tert-alkyl or cyclic N) is 1. The minimum atomic E-state index is -0.453. The van der Waals surface area contributed by atoms with Gasteiger partial charge in [0.1, 0.15) is 5.82 Å². The number of fused-ring (bicyclic) bond motifs is 1. The van der Waals surface area contributed by atoms with Crippen LogP contribution in [0, 0.1) is 10.1 Å². The van der Waals surface area contributed by atoms with Crippen LogP contribution in [0.15, 0.2) is 24.4 Å². The summed E-state index contributed by atoms with van der Waals surface area (Å²) in [6.45, 7) is 1.29. The van der Waals surface area contributed by atoms with Crippen molar-refractivity contribution in [2.75, 3.05) is 18.0 Å². The highest BCUT2D eigenvalue weighted by Crippen LogP contribution is 2.22. The fraction of sp³-hybridized carbons (Fsp3) is 0.333. The second-order valence-corrected chi connectivity index (χ2v) is 4.55. The number of non-ortho nitro benzene ring substituents is 1. The maximum atomic E-state index is 10.7. The monoisotopic (exact) mass is 260 g/mol. The Kier molecular flexibility index (Phi) is 2.75. The van der Waals surface area contributed by atoms with Crippen molar-refractivity contribution in [3.8, 4) is 0 Å². The maximum Gasteiger partial charge on any atom is 0.271 e. The molecule has 0 radical (unpaired) electrons. The van der Waals surface area contributed by atoms with Gasteiger partial charge >= 0.3 is 0 Å². The van der Waals surface area contributed by atoms with E-state index in [0.717, 1.165) is 13.0 Å². The molecule has 1 N–H and O–H groups in total. The molecule has 0 amide bonds. The van der Waals surface area contributed by atoms with Crippen molar-refractivity contribution in [2.24, 2.45) is 0 Å². The van der Waals surface area contributed by atoms with Gasteiger partial charge in [-0.2, -0.15) is 0 Å². The quantitative estimate of drug-likeness (QED) is 0.642. The number of rotatable bonds is 2. The number of aliphatic hydroxyl groups is 1. The van der Waals surface area contributed by atoms with E-state index in [2.05, 4.69) is 9.97 Å². The summed E-state index contributed by atoms with van der Waals surface area (Å²) in [7, 11) is 0. The zero-order valence-corrected chi connectivity index (χ0v) is 10.1. The van der Waals surface area contributed by atoms with Gasteiger partial charge in [-0.05, 0) is 12.5 Å². The Balaban J connectivity index is 1.97. The van der Waals surface area contributed by atoms with Gasteiger partial charge in [0.2, 0.25) is 0 Å². The molecule has 1 fully saturated rings. The molecular weight excluding hydrogens is 248 g/mol. The lowest BCUT2D eigenvalue weighted by molar-refractivity contribution is -0.384. The Morgan fingerprint density at radius 2 is 2.26 bits per heavy atom. The Morgan fingerprint density at radius 1 is 1.42 bits per heavy atom. The minimum absolute atomic E-state index is 0.00569. The summed E-state index contributed by atoms with van der Waals surface area (Å²) in [5.74, 6) is 0.693. The number of aromatic nitrogens is 2. The lowest BCUT2D eigenvalue weighted by atomic mass is 10.2. The number of nitrogens with zero attached hydrogens (tertiary/aromatic N) is 4. The van der Waals surface area contributed by atoms with Crippen LogP contribution in [-0.2, 0) is 0 Å². The van der Waals surface area contributed by atoms with Crippen molar-refractivity contribution in [1.82, 2.24) is 9.97 Å². The van der Waals surface area contributed by atoms with Crippen LogP contribution in [0.3, 0.4) is 0 Å². The van der Waals surface area contributed by atoms with E-state index >= 15 is 0 Å². The van der Waals surface area contributed by atoms with Crippen molar-refractivity contribution >= 4 is 22.5 Å². The summed E-state index contributed by atoms with van der Waals surface area (Å²) in [6, 6.07) is 4.42. The molecule has 98 valence electrons. The smallest absolute Gasteiger partial charge is 0.271 e. The van der Waals surface area contributed by atoms with Crippen LogP contribution in [0.1, 0.15) is 6.42 Å². The van der Waals surface area contributed by atoms with E-state index in [1.54, 1.807) is 12.3 Å². The molecule has 0 spiro atoms. The molecule has 0 saturated carbocycles. The molecule has 1 unspecified atom stereocenters. The number of hydrogen-bond donors (Lipinski definition) is 1. The lowest BCUT2D eigenvalue weighted by Crippen LogP contribution is -2.22. The normalized spacial score (nSPS) is 19.0. The molecule has 0 aliphatic carbocycles. The first-order chi connectivity index (χ1) is 9.13. The second-order valence-electron chi connectivity index (χ2n) is 4.55. The lowest BCUT2D eigenvalue weighted by Gasteiger charge is -2.16. The average molecular weight is 260 g/mol. The Bertz CT molecular complexity index is 646. The van der Waals surface area contributed by atoms with E-state index in [4.69, 9.17) is 0 Å². The third kappa shape index (κ3) is 2.19. The third-order valence-electron chi connectivity index (χ3n) is 3.21. The molecule has 1 atom stereocenters. The minimum Gasteiger partial charge on any atom is -0.391 e. The van der Waals surface area contributed by atoms with Gasteiger partial charge in [0.05, 0.1) is 28.3 Å². The van der Waals surface area contributed by atoms with Gasteiger partial charge in [0.25, 0.3) is 5.69 Å². The first-order valence-corrected chi connectivity index (χ1v) is 5.98. The molecule has 1 aliphatic rings. The van der Waals surface area contributed by atoms with Gasteiger partial charge in [-0.1, -0.05) is 0 Å². The first-order valence-electron chi connectivity index (χ1n) is 5.98. The van der Waals surface area contributed by atoms with Crippen LogP contribution in [0.2, 0.25) is 0 Å².